The summed E-state index contributed by atoms with van der Waals surface area (Å²) in [5.74, 6) is 0.271. The van der Waals surface area contributed by atoms with Gasteiger partial charge in [0.2, 0.25) is 5.91 Å². The molecule has 0 aromatic rings. The average molecular weight is 215 g/mol. The number of hydrogen-bond donors (Lipinski definition) is 2. The molecule has 2 rings (SSSR count). The smallest absolute Gasteiger partial charge is 0.239 e. The monoisotopic (exact) mass is 215 g/mol. The van der Waals surface area contributed by atoms with Crippen molar-refractivity contribution in [2.75, 3.05) is 32.8 Å². The van der Waals surface area contributed by atoms with Gasteiger partial charge >= 0.3 is 0 Å². The van der Waals surface area contributed by atoms with Crippen LogP contribution in [0.25, 0.3) is 0 Å². The van der Waals surface area contributed by atoms with Crippen LogP contribution in [0.1, 0.15) is 19.3 Å². The van der Waals surface area contributed by atoms with E-state index in [1.807, 2.05) is 4.90 Å². The molecule has 15 heavy (non-hydrogen) atoms. The maximum atomic E-state index is 12.0. The van der Waals surface area contributed by atoms with Gasteiger partial charge in [-0.2, -0.15) is 0 Å². The Morgan fingerprint density at radius 1 is 1.27 bits per heavy atom. The number of rotatable bonds is 1. The van der Waals surface area contributed by atoms with Crippen molar-refractivity contribution in [3.63, 3.8) is 0 Å². The lowest BCUT2D eigenvalue weighted by molar-refractivity contribution is -0.138. The summed E-state index contributed by atoms with van der Waals surface area (Å²) in [5, 5.41) is 3.28. The Hall–Kier alpha value is -0.650. The summed E-state index contributed by atoms with van der Waals surface area (Å²) in [7, 11) is 0. The molecule has 0 aliphatic carbocycles. The van der Waals surface area contributed by atoms with Gasteiger partial charge in [-0.3, -0.25) is 4.79 Å². The van der Waals surface area contributed by atoms with E-state index in [4.69, 9.17) is 4.74 Å². The lowest BCUT2D eigenvalue weighted by Crippen LogP contribution is -2.51. The zero-order valence-electron chi connectivity index (χ0n) is 9.21. The van der Waals surface area contributed by atoms with Gasteiger partial charge in [-0.15, -0.1) is 0 Å². The van der Waals surface area contributed by atoms with Crippen LogP contribution in [0.2, 0.25) is 0 Å². The molecule has 1 amide bonds. The number of hydrogen-bond acceptors (Lipinski definition) is 4. The summed E-state index contributed by atoms with van der Waals surface area (Å²) in [4.78, 5) is 13.9. The molecule has 2 aliphatic heterocycles. The third-order valence-corrected chi connectivity index (χ3v) is 2.93. The number of nitrogens with one attached hydrogen (secondary N) is 1. The molecule has 2 heterocycles. The van der Waals surface area contributed by atoms with Crippen LogP contribution in [-0.4, -0.2) is 49.7 Å². The van der Waals surface area contributed by atoms with E-state index in [2.05, 4.69) is 5.32 Å². The van der Waals surface area contributed by atoms with Crippen LogP contribution >= 0.6 is 0 Å². The molecule has 5 heteroatoms. The van der Waals surface area contributed by atoms with Crippen molar-refractivity contribution in [1.29, 1.82) is 0 Å². The minimum atomic E-state index is 0. The average Bonchev–Trinajstić information content (AvgIpc) is 2.30. The van der Waals surface area contributed by atoms with Crippen LogP contribution in [0.3, 0.4) is 0 Å². The Balaban J connectivity index is 0.00000112. The molecule has 0 saturated carbocycles. The summed E-state index contributed by atoms with van der Waals surface area (Å²) in [6.07, 6.45) is 3.37. The molecule has 0 radical (unpaired) electrons. The van der Waals surface area contributed by atoms with Gasteiger partial charge in [-0.25, -0.2) is 0 Å². The number of nitrogens with zero attached hydrogens (tertiary/aromatic N) is 1. The Bertz CT molecular complexity index is 179. The Kier molecular flexibility index (Phi) is 5.01. The highest BCUT2D eigenvalue weighted by molar-refractivity contribution is 5.82. The molecule has 2 saturated heterocycles. The highest BCUT2D eigenvalue weighted by Gasteiger charge is 2.26. The minimum Gasteiger partial charge on any atom is -0.378 e. The molecule has 2 fully saturated rings. The summed E-state index contributed by atoms with van der Waals surface area (Å²) < 4.78 is 5.22. The van der Waals surface area contributed by atoms with Gasteiger partial charge in [0.1, 0.15) is 0 Å². The molecule has 0 spiro atoms. The van der Waals surface area contributed by atoms with E-state index in [0.29, 0.717) is 13.2 Å². The summed E-state index contributed by atoms with van der Waals surface area (Å²) in [5.41, 5.74) is 0. The molecule has 0 aromatic carbocycles. The normalized spacial score (nSPS) is 26.9. The van der Waals surface area contributed by atoms with Gasteiger partial charge in [0.15, 0.2) is 0 Å². The molecule has 1 unspecified atom stereocenters. The number of ether oxygens (including phenoxy) is 1. The highest BCUT2D eigenvalue weighted by Crippen LogP contribution is 2.10. The van der Waals surface area contributed by atoms with E-state index < -0.39 is 0 Å². The largest absolute Gasteiger partial charge is 0.378 e. The SMILES string of the molecule is N.O=C(C1CCCCN1)N1CCOCC1. The molecule has 1 atom stereocenters. The van der Waals surface area contributed by atoms with E-state index in [9.17, 15) is 4.79 Å². The van der Waals surface area contributed by atoms with Gasteiger partial charge < -0.3 is 21.1 Å². The van der Waals surface area contributed by atoms with E-state index in [1.54, 1.807) is 0 Å². The molecular weight excluding hydrogens is 194 g/mol. The number of piperidine rings is 1. The lowest BCUT2D eigenvalue weighted by Gasteiger charge is -2.32. The van der Waals surface area contributed by atoms with Crippen molar-refractivity contribution >= 4 is 5.91 Å². The van der Waals surface area contributed by atoms with Crippen molar-refractivity contribution in [2.45, 2.75) is 25.3 Å². The van der Waals surface area contributed by atoms with E-state index >= 15 is 0 Å². The second-order valence-electron chi connectivity index (χ2n) is 3.94. The predicted octanol–water partition coefficient (Wildman–Crippen LogP) is 0.149. The van der Waals surface area contributed by atoms with Gasteiger partial charge in [0.05, 0.1) is 19.3 Å². The standard InChI is InChI=1S/C10H18N2O2.H3N/c13-10(9-3-1-2-4-11-9)12-5-7-14-8-6-12;/h9,11H,1-8H2;1H3. The summed E-state index contributed by atoms with van der Waals surface area (Å²) in [6, 6.07) is 0.0712. The van der Waals surface area contributed by atoms with Crippen molar-refractivity contribution in [1.82, 2.24) is 16.4 Å². The Morgan fingerprint density at radius 2 is 2.00 bits per heavy atom. The van der Waals surface area contributed by atoms with Gasteiger partial charge in [0.25, 0.3) is 0 Å². The molecule has 0 aromatic heterocycles. The van der Waals surface area contributed by atoms with E-state index in [1.165, 1.54) is 12.8 Å². The van der Waals surface area contributed by atoms with Crippen LogP contribution in [0.5, 0.6) is 0 Å². The topological polar surface area (TPSA) is 76.6 Å². The summed E-state index contributed by atoms with van der Waals surface area (Å²) in [6.45, 7) is 3.89. The fourth-order valence-corrected chi connectivity index (χ4v) is 2.07. The van der Waals surface area contributed by atoms with E-state index in [0.717, 1.165) is 26.1 Å². The maximum absolute atomic E-state index is 12.0. The highest BCUT2D eigenvalue weighted by atomic mass is 16.5. The molecule has 88 valence electrons. The van der Waals surface area contributed by atoms with Gasteiger partial charge in [-0.05, 0) is 19.4 Å². The Labute approximate surface area is 90.7 Å². The number of morpholine rings is 1. The number of carbonyl (C=O) groups is 1. The molecule has 4 N–H and O–H groups in total. The third kappa shape index (κ3) is 3.15. The molecule has 5 nitrogen and oxygen atoms in total. The quantitative estimate of drug-likeness (QED) is 0.652. The first-order valence-corrected chi connectivity index (χ1v) is 5.48. The lowest BCUT2D eigenvalue weighted by atomic mass is 10.0. The zero-order chi connectivity index (χ0) is 9.80. The van der Waals surface area contributed by atoms with Crippen molar-refractivity contribution < 1.29 is 9.53 Å². The van der Waals surface area contributed by atoms with Crippen molar-refractivity contribution in [3.05, 3.63) is 0 Å². The fraction of sp³-hybridized carbons (Fsp3) is 0.900. The number of carbonyl (C=O) groups excluding carboxylic acids is 1. The van der Waals surface area contributed by atoms with Crippen LogP contribution < -0.4 is 11.5 Å². The molecule has 0 bridgehead atoms. The van der Waals surface area contributed by atoms with Crippen molar-refractivity contribution in [2.24, 2.45) is 0 Å². The predicted molar refractivity (Wildman–Crippen MR) is 58.1 cm³/mol. The molecule has 2 aliphatic rings. The first-order valence-electron chi connectivity index (χ1n) is 5.48. The summed E-state index contributed by atoms with van der Waals surface area (Å²) >= 11 is 0. The van der Waals surface area contributed by atoms with E-state index in [-0.39, 0.29) is 18.1 Å². The van der Waals surface area contributed by atoms with Crippen LogP contribution in [0.4, 0.5) is 0 Å². The van der Waals surface area contributed by atoms with Crippen molar-refractivity contribution in [3.8, 4) is 0 Å². The van der Waals surface area contributed by atoms with Gasteiger partial charge in [-0.1, -0.05) is 6.42 Å². The second kappa shape index (κ2) is 6.05. The third-order valence-electron chi connectivity index (χ3n) is 2.93. The first-order chi connectivity index (χ1) is 6.88. The van der Waals surface area contributed by atoms with Crippen LogP contribution in [-0.2, 0) is 9.53 Å². The molecular formula is C10H21N3O2. The maximum Gasteiger partial charge on any atom is 0.239 e. The Morgan fingerprint density at radius 3 is 2.60 bits per heavy atom. The van der Waals surface area contributed by atoms with Crippen LogP contribution in [0.15, 0.2) is 0 Å². The number of amides is 1. The van der Waals surface area contributed by atoms with Gasteiger partial charge in [0, 0.05) is 13.1 Å². The second-order valence-corrected chi connectivity index (χ2v) is 3.94. The first kappa shape index (κ1) is 12.4. The van der Waals surface area contributed by atoms with Crippen LogP contribution in [0, 0.1) is 0 Å². The minimum absolute atomic E-state index is 0. The zero-order valence-corrected chi connectivity index (χ0v) is 9.21. The fourth-order valence-electron chi connectivity index (χ4n) is 2.07.